The standard InChI is InChI=1S/C18H16F3NO5/c1-11(23)27-16-7-4-13(10-15(16)17(24)25)22-8-9-26-14-5-2-12(3-6-14)18(19,20)21/h2-7,10,22H,8-9H2,1H3,(H,24,25). The molecule has 0 unspecified atom stereocenters. The topological polar surface area (TPSA) is 84.9 Å². The first kappa shape index (κ1) is 20.1. The van der Waals surface area contributed by atoms with Crippen molar-refractivity contribution in [3.8, 4) is 11.5 Å². The van der Waals surface area contributed by atoms with E-state index < -0.39 is 23.7 Å². The van der Waals surface area contributed by atoms with E-state index in [2.05, 4.69) is 5.32 Å². The van der Waals surface area contributed by atoms with Crippen LogP contribution in [0, 0.1) is 0 Å². The number of nitrogens with one attached hydrogen (secondary N) is 1. The van der Waals surface area contributed by atoms with E-state index in [0.717, 1.165) is 19.1 Å². The second-order valence-electron chi connectivity index (χ2n) is 5.41. The van der Waals surface area contributed by atoms with Crippen LogP contribution in [-0.2, 0) is 11.0 Å². The number of ether oxygens (including phenoxy) is 2. The van der Waals surface area contributed by atoms with Crippen LogP contribution in [0.2, 0.25) is 0 Å². The second-order valence-corrected chi connectivity index (χ2v) is 5.41. The summed E-state index contributed by atoms with van der Waals surface area (Å²) >= 11 is 0. The smallest absolute Gasteiger partial charge is 0.416 e. The monoisotopic (exact) mass is 383 g/mol. The zero-order valence-electron chi connectivity index (χ0n) is 14.2. The first-order chi connectivity index (χ1) is 12.7. The van der Waals surface area contributed by atoms with E-state index in [1.54, 1.807) is 0 Å². The molecule has 2 aromatic carbocycles. The number of aromatic carboxylic acids is 1. The molecule has 0 bridgehead atoms. The van der Waals surface area contributed by atoms with Crippen LogP contribution in [0.1, 0.15) is 22.8 Å². The van der Waals surface area contributed by atoms with E-state index in [-0.39, 0.29) is 30.2 Å². The molecule has 6 nitrogen and oxygen atoms in total. The maximum atomic E-state index is 12.5. The molecule has 144 valence electrons. The van der Waals surface area contributed by atoms with Gasteiger partial charge in [0.2, 0.25) is 0 Å². The van der Waals surface area contributed by atoms with E-state index in [4.69, 9.17) is 9.47 Å². The number of carbonyl (C=O) groups excluding carboxylic acids is 1. The number of halogens is 3. The molecule has 27 heavy (non-hydrogen) atoms. The fourth-order valence-corrected chi connectivity index (χ4v) is 2.16. The van der Waals surface area contributed by atoms with Gasteiger partial charge in [0.05, 0.1) is 5.56 Å². The van der Waals surface area contributed by atoms with E-state index in [1.807, 2.05) is 0 Å². The number of benzene rings is 2. The van der Waals surface area contributed by atoms with Gasteiger partial charge in [-0.2, -0.15) is 13.2 Å². The third-order valence-electron chi connectivity index (χ3n) is 3.35. The van der Waals surface area contributed by atoms with Crippen molar-refractivity contribution in [2.45, 2.75) is 13.1 Å². The van der Waals surface area contributed by atoms with Crippen molar-refractivity contribution in [2.24, 2.45) is 0 Å². The average molecular weight is 383 g/mol. The van der Waals surface area contributed by atoms with Gasteiger partial charge in [0.15, 0.2) is 0 Å². The molecule has 0 amide bonds. The Bertz CT molecular complexity index is 819. The lowest BCUT2D eigenvalue weighted by molar-refractivity contribution is -0.137. The van der Waals surface area contributed by atoms with Crippen LogP contribution in [0.25, 0.3) is 0 Å². The molecule has 0 radical (unpaired) electrons. The van der Waals surface area contributed by atoms with Gasteiger partial charge in [0.1, 0.15) is 23.7 Å². The summed E-state index contributed by atoms with van der Waals surface area (Å²) in [6.07, 6.45) is -4.40. The first-order valence-corrected chi connectivity index (χ1v) is 7.76. The van der Waals surface area contributed by atoms with E-state index >= 15 is 0 Å². The molecule has 0 spiro atoms. The Labute approximate surface area is 152 Å². The Kier molecular flexibility index (Phi) is 6.27. The highest BCUT2D eigenvalue weighted by Gasteiger charge is 2.30. The Balaban J connectivity index is 1.90. The van der Waals surface area contributed by atoms with Crippen LogP contribution in [-0.4, -0.2) is 30.2 Å². The van der Waals surface area contributed by atoms with Crippen LogP contribution in [0.3, 0.4) is 0 Å². The van der Waals surface area contributed by atoms with E-state index in [1.165, 1.54) is 30.3 Å². The number of carboxylic acid groups (broad SMARTS) is 1. The van der Waals surface area contributed by atoms with Crippen LogP contribution < -0.4 is 14.8 Å². The van der Waals surface area contributed by atoms with Crippen molar-refractivity contribution in [3.05, 3.63) is 53.6 Å². The fourth-order valence-electron chi connectivity index (χ4n) is 2.16. The fraction of sp³-hybridized carbons (Fsp3) is 0.222. The SMILES string of the molecule is CC(=O)Oc1ccc(NCCOc2ccc(C(F)(F)F)cc2)cc1C(=O)O. The minimum absolute atomic E-state index is 0.0680. The predicted octanol–water partition coefficient (Wildman–Crippen LogP) is 3.82. The van der Waals surface area contributed by atoms with Crippen molar-refractivity contribution in [2.75, 3.05) is 18.5 Å². The molecule has 0 heterocycles. The third-order valence-corrected chi connectivity index (χ3v) is 3.35. The van der Waals surface area contributed by atoms with Crippen molar-refractivity contribution >= 4 is 17.6 Å². The lowest BCUT2D eigenvalue weighted by Crippen LogP contribution is -2.13. The summed E-state index contributed by atoms with van der Waals surface area (Å²) in [4.78, 5) is 22.2. The van der Waals surface area contributed by atoms with Crippen LogP contribution >= 0.6 is 0 Å². The highest BCUT2D eigenvalue weighted by atomic mass is 19.4. The van der Waals surface area contributed by atoms with Gasteiger partial charge in [0, 0.05) is 19.2 Å². The number of carbonyl (C=O) groups is 2. The molecule has 0 atom stereocenters. The Morgan fingerprint density at radius 3 is 2.33 bits per heavy atom. The Morgan fingerprint density at radius 1 is 1.11 bits per heavy atom. The molecule has 0 saturated heterocycles. The molecule has 0 aliphatic heterocycles. The van der Waals surface area contributed by atoms with Crippen LogP contribution in [0.15, 0.2) is 42.5 Å². The molecule has 9 heteroatoms. The molecule has 0 aromatic heterocycles. The number of hydrogen-bond acceptors (Lipinski definition) is 5. The largest absolute Gasteiger partial charge is 0.492 e. The summed E-state index contributed by atoms with van der Waals surface area (Å²) in [7, 11) is 0. The Hall–Kier alpha value is -3.23. The lowest BCUT2D eigenvalue weighted by Gasteiger charge is -2.12. The van der Waals surface area contributed by atoms with Crippen LogP contribution in [0.5, 0.6) is 11.5 Å². The maximum Gasteiger partial charge on any atom is 0.416 e. The number of alkyl halides is 3. The number of hydrogen-bond donors (Lipinski definition) is 2. The molecule has 0 fully saturated rings. The van der Waals surface area contributed by atoms with Gasteiger partial charge in [-0.25, -0.2) is 4.79 Å². The summed E-state index contributed by atoms with van der Waals surface area (Å²) < 4.78 is 47.6. The summed E-state index contributed by atoms with van der Waals surface area (Å²) in [6.45, 7) is 1.57. The third kappa shape index (κ3) is 5.91. The van der Waals surface area contributed by atoms with Crippen LogP contribution in [0.4, 0.5) is 18.9 Å². The van der Waals surface area contributed by atoms with Gasteiger partial charge in [0.25, 0.3) is 0 Å². The molecule has 2 N–H and O–H groups in total. The summed E-state index contributed by atoms with van der Waals surface area (Å²) in [6, 6.07) is 8.48. The maximum absolute atomic E-state index is 12.5. The molecular weight excluding hydrogens is 367 g/mol. The van der Waals surface area contributed by atoms with Crippen molar-refractivity contribution in [1.29, 1.82) is 0 Å². The number of rotatable bonds is 7. The van der Waals surface area contributed by atoms with Crippen molar-refractivity contribution in [3.63, 3.8) is 0 Å². The zero-order chi connectivity index (χ0) is 20.0. The van der Waals surface area contributed by atoms with Gasteiger partial charge in [-0.1, -0.05) is 0 Å². The molecule has 0 saturated carbocycles. The normalized spacial score (nSPS) is 11.0. The summed E-state index contributed by atoms with van der Waals surface area (Å²) in [5, 5.41) is 12.1. The minimum Gasteiger partial charge on any atom is -0.492 e. The number of anilines is 1. The highest BCUT2D eigenvalue weighted by molar-refractivity contribution is 5.93. The van der Waals surface area contributed by atoms with Crippen molar-refractivity contribution in [1.82, 2.24) is 0 Å². The Morgan fingerprint density at radius 2 is 1.78 bits per heavy atom. The molecule has 0 aliphatic carbocycles. The molecular formula is C18H16F3NO5. The van der Waals surface area contributed by atoms with Gasteiger partial charge in [-0.05, 0) is 42.5 Å². The van der Waals surface area contributed by atoms with Gasteiger partial charge in [-0.3, -0.25) is 4.79 Å². The summed E-state index contributed by atoms with van der Waals surface area (Å²) in [5.74, 6) is -1.68. The van der Waals surface area contributed by atoms with E-state index in [0.29, 0.717) is 5.69 Å². The molecule has 0 aliphatic rings. The molecule has 2 rings (SSSR count). The van der Waals surface area contributed by atoms with Gasteiger partial charge >= 0.3 is 18.1 Å². The lowest BCUT2D eigenvalue weighted by atomic mass is 10.1. The summed E-state index contributed by atoms with van der Waals surface area (Å²) in [5.41, 5.74) is -0.486. The average Bonchev–Trinajstić information content (AvgIpc) is 2.58. The predicted molar refractivity (Wildman–Crippen MR) is 90.1 cm³/mol. The second kappa shape index (κ2) is 8.43. The zero-order valence-corrected chi connectivity index (χ0v) is 14.2. The number of esters is 1. The first-order valence-electron chi connectivity index (χ1n) is 7.76. The number of carboxylic acids is 1. The minimum atomic E-state index is -4.40. The van der Waals surface area contributed by atoms with Gasteiger partial charge < -0.3 is 19.9 Å². The quantitative estimate of drug-likeness (QED) is 0.430. The van der Waals surface area contributed by atoms with Crippen molar-refractivity contribution < 1.29 is 37.3 Å². The molecule has 2 aromatic rings. The van der Waals surface area contributed by atoms with Gasteiger partial charge in [-0.15, -0.1) is 0 Å². The van der Waals surface area contributed by atoms with E-state index in [9.17, 15) is 27.9 Å². The highest BCUT2D eigenvalue weighted by Crippen LogP contribution is 2.30.